The third-order valence-electron chi connectivity index (χ3n) is 3.27. The fourth-order valence-corrected chi connectivity index (χ4v) is 2.55. The van der Waals surface area contributed by atoms with E-state index in [2.05, 4.69) is 5.32 Å². The van der Waals surface area contributed by atoms with Gasteiger partial charge in [-0.25, -0.2) is 21.6 Å². The van der Waals surface area contributed by atoms with Gasteiger partial charge in [-0.05, 0) is 20.9 Å². The molecule has 1 rings (SSSR count). The molecule has 7 heteroatoms. The van der Waals surface area contributed by atoms with Gasteiger partial charge in [0, 0.05) is 24.0 Å². The number of hydrogen-bond acceptors (Lipinski definition) is 3. The Kier molecular flexibility index (Phi) is 4.31. The van der Waals surface area contributed by atoms with Crippen LogP contribution < -0.4 is 5.32 Å². The lowest BCUT2D eigenvalue weighted by Crippen LogP contribution is -2.44. The van der Waals surface area contributed by atoms with Gasteiger partial charge in [0.2, 0.25) is 0 Å². The second-order valence-corrected chi connectivity index (χ2v) is 7.48. The molecule has 0 saturated heterocycles. The average Bonchev–Trinajstić information content (AvgIpc) is 2.20. The van der Waals surface area contributed by atoms with Gasteiger partial charge in [-0.2, -0.15) is 0 Å². The molecule has 0 amide bonds. The van der Waals surface area contributed by atoms with Crippen molar-refractivity contribution in [3.8, 4) is 0 Å². The Labute approximate surface area is 110 Å². The highest BCUT2D eigenvalue weighted by Crippen LogP contribution is 2.34. The molecule has 108 valence electrons. The van der Waals surface area contributed by atoms with E-state index in [9.17, 15) is 21.6 Å². The molecule has 0 radical (unpaired) electrons. The van der Waals surface area contributed by atoms with Gasteiger partial charge in [-0.15, -0.1) is 0 Å². The average molecular weight is 295 g/mol. The van der Waals surface area contributed by atoms with E-state index in [1.165, 1.54) is 20.9 Å². The molecule has 1 unspecified atom stereocenters. The van der Waals surface area contributed by atoms with E-state index in [0.29, 0.717) is 12.1 Å². The van der Waals surface area contributed by atoms with Crippen LogP contribution in [0, 0.1) is 17.5 Å². The fourth-order valence-electron chi connectivity index (χ4n) is 1.88. The summed E-state index contributed by atoms with van der Waals surface area (Å²) in [5.41, 5.74) is -0.487. The van der Waals surface area contributed by atoms with Crippen LogP contribution >= 0.6 is 0 Å². The van der Waals surface area contributed by atoms with E-state index in [0.717, 1.165) is 6.26 Å². The summed E-state index contributed by atoms with van der Waals surface area (Å²) in [6, 6.07) is -0.0783. The summed E-state index contributed by atoms with van der Waals surface area (Å²) >= 11 is 0. The van der Waals surface area contributed by atoms with Crippen molar-refractivity contribution in [3.05, 3.63) is 35.1 Å². The van der Waals surface area contributed by atoms with Crippen LogP contribution in [0.5, 0.6) is 0 Å². The number of benzene rings is 1. The van der Waals surface area contributed by atoms with Crippen LogP contribution in [0.2, 0.25) is 0 Å². The van der Waals surface area contributed by atoms with Gasteiger partial charge in [0.25, 0.3) is 0 Å². The van der Waals surface area contributed by atoms with Crippen molar-refractivity contribution in [2.24, 2.45) is 0 Å². The number of hydrogen-bond donors (Lipinski definition) is 1. The summed E-state index contributed by atoms with van der Waals surface area (Å²) in [6.07, 6.45) is 0.983. The summed E-state index contributed by atoms with van der Waals surface area (Å²) in [7, 11) is -2.21. The first-order chi connectivity index (χ1) is 8.52. The highest BCUT2D eigenvalue weighted by Gasteiger charge is 2.41. The fraction of sp³-hybridized carbons (Fsp3) is 0.500. The molecule has 19 heavy (non-hydrogen) atoms. The predicted octanol–water partition coefficient (Wildman–Crippen LogP) is 2.19. The van der Waals surface area contributed by atoms with Crippen molar-refractivity contribution in [2.45, 2.75) is 24.6 Å². The van der Waals surface area contributed by atoms with Crippen molar-refractivity contribution in [2.75, 3.05) is 13.3 Å². The Balaban J connectivity index is 3.50. The third kappa shape index (κ3) is 2.92. The first-order valence-electron chi connectivity index (χ1n) is 5.53. The van der Waals surface area contributed by atoms with E-state index in [1.54, 1.807) is 0 Å². The minimum atomic E-state index is -3.60. The minimum absolute atomic E-state index is 0.487. The number of rotatable bonds is 4. The van der Waals surface area contributed by atoms with E-state index < -0.39 is 43.6 Å². The zero-order chi connectivity index (χ0) is 15.0. The number of sulfone groups is 1. The summed E-state index contributed by atoms with van der Waals surface area (Å²) in [4.78, 5) is 0. The molecule has 0 heterocycles. The number of halogens is 3. The van der Waals surface area contributed by atoms with E-state index >= 15 is 0 Å². The first-order valence-corrected chi connectivity index (χ1v) is 7.42. The zero-order valence-electron chi connectivity index (χ0n) is 11.1. The molecule has 0 aromatic heterocycles. The molecule has 0 spiro atoms. The first kappa shape index (κ1) is 16.0. The van der Waals surface area contributed by atoms with Crippen LogP contribution in [-0.2, 0) is 9.84 Å². The largest absolute Gasteiger partial charge is 0.312 e. The Morgan fingerprint density at radius 2 is 1.58 bits per heavy atom. The molecule has 0 aliphatic carbocycles. The smallest absolute Gasteiger partial charge is 0.154 e. The van der Waals surface area contributed by atoms with Crippen molar-refractivity contribution in [1.82, 2.24) is 5.32 Å². The standard InChI is InChI=1S/C12H16F3NO2S/c1-12(2,19(4,17)18)11(16-3)10-8(14)5-7(13)6-9(10)15/h5-6,11,16H,1-4H3. The molecule has 1 N–H and O–H groups in total. The van der Waals surface area contributed by atoms with Crippen LogP contribution in [0.1, 0.15) is 25.5 Å². The Morgan fingerprint density at radius 3 is 1.89 bits per heavy atom. The second-order valence-electron chi connectivity index (χ2n) is 4.88. The van der Waals surface area contributed by atoms with Gasteiger partial charge < -0.3 is 5.32 Å². The topological polar surface area (TPSA) is 46.2 Å². The predicted molar refractivity (Wildman–Crippen MR) is 67.0 cm³/mol. The highest BCUT2D eigenvalue weighted by atomic mass is 32.2. The SMILES string of the molecule is CNC(c1c(F)cc(F)cc1F)C(C)(C)S(C)(=O)=O. The third-order valence-corrected chi connectivity index (χ3v) is 5.42. The molecular weight excluding hydrogens is 279 g/mol. The monoisotopic (exact) mass is 295 g/mol. The molecule has 0 aliphatic rings. The van der Waals surface area contributed by atoms with Crippen molar-refractivity contribution >= 4 is 9.84 Å². The van der Waals surface area contributed by atoms with E-state index in [1.807, 2.05) is 0 Å². The maximum atomic E-state index is 13.8. The molecule has 0 saturated carbocycles. The highest BCUT2D eigenvalue weighted by molar-refractivity contribution is 7.92. The van der Waals surface area contributed by atoms with Crippen LogP contribution in [0.4, 0.5) is 13.2 Å². The lowest BCUT2D eigenvalue weighted by molar-refractivity contribution is 0.407. The lowest BCUT2D eigenvalue weighted by atomic mass is 9.94. The molecule has 0 bridgehead atoms. The summed E-state index contributed by atoms with van der Waals surface area (Å²) in [5.74, 6) is -3.28. The van der Waals surface area contributed by atoms with Gasteiger partial charge >= 0.3 is 0 Å². The molecule has 0 fully saturated rings. The summed E-state index contributed by atoms with van der Waals surface area (Å²) in [5, 5.41) is 2.58. The van der Waals surface area contributed by atoms with Gasteiger partial charge in [0.15, 0.2) is 9.84 Å². The maximum absolute atomic E-state index is 13.8. The second kappa shape index (κ2) is 5.13. The molecule has 1 aromatic carbocycles. The van der Waals surface area contributed by atoms with Crippen LogP contribution in [0.15, 0.2) is 12.1 Å². The Morgan fingerprint density at radius 1 is 1.16 bits per heavy atom. The zero-order valence-corrected chi connectivity index (χ0v) is 11.9. The molecule has 3 nitrogen and oxygen atoms in total. The van der Waals surface area contributed by atoms with Crippen LogP contribution in [-0.4, -0.2) is 26.5 Å². The van der Waals surface area contributed by atoms with Crippen molar-refractivity contribution in [3.63, 3.8) is 0 Å². The molecule has 1 atom stereocenters. The molecular formula is C12H16F3NO2S. The summed E-state index contributed by atoms with van der Waals surface area (Å²) < 4.78 is 62.4. The van der Waals surface area contributed by atoms with Crippen molar-refractivity contribution in [1.29, 1.82) is 0 Å². The Bertz CT molecular complexity index is 562. The van der Waals surface area contributed by atoms with Gasteiger partial charge in [0.05, 0.1) is 10.8 Å². The molecule has 0 aliphatic heterocycles. The van der Waals surface area contributed by atoms with E-state index in [4.69, 9.17) is 0 Å². The maximum Gasteiger partial charge on any atom is 0.154 e. The molecule has 1 aromatic rings. The van der Waals surface area contributed by atoms with Gasteiger partial charge in [-0.1, -0.05) is 0 Å². The Hall–Kier alpha value is -1.08. The van der Waals surface area contributed by atoms with Crippen LogP contribution in [0.25, 0.3) is 0 Å². The minimum Gasteiger partial charge on any atom is -0.312 e. The van der Waals surface area contributed by atoms with Gasteiger partial charge in [0.1, 0.15) is 17.5 Å². The summed E-state index contributed by atoms with van der Waals surface area (Å²) in [6.45, 7) is 2.71. The van der Waals surface area contributed by atoms with E-state index in [-0.39, 0.29) is 0 Å². The van der Waals surface area contributed by atoms with Crippen LogP contribution in [0.3, 0.4) is 0 Å². The van der Waals surface area contributed by atoms with Gasteiger partial charge in [-0.3, -0.25) is 0 Å². The van der Waals surface area contributed by atoms with Crippen molar-refractivity contribution < 1.29 is 21.6 Å². The number of nitrogens with one attached hydrogen (secondary N) is 1. The normalized spacial score (nSPS) is 14.5. The quantitative estimate of drug-likeness (QED) is 0.926. The lowest BCUT2D eigenvalue weighted by Gasteiger charge is -2.33.